The van der Waals surface area contributed by atoms with Crippen LogP contribution in [0.1, 0.15) is 24.0 Å². The van der Waals surface area contributed by atoms with Crippen LogP contribution in [-0.2, 0) is 11.3 Å². The molecular formula is C17H23N3O. The first-order valence-corrected chi connectivity index (χ1v) is 7.89. The number of nitriles is 1. The highest BCUT2D eigenvalue weighted by Gasteiger charge is 2.23. The topological polar surface area (TPSA) is 39.5 Å². The summed E-state index contributed by atoms with van der Waals surface area (Å²) in [5.74, 6) is 0. The smallest absolute Gasteiger partial charge is 0.0995 e. The predicted octanol–water partition coefficient (Wildman–Crippen LogP) is 1.85. The van der Waals surface area contributed by atoms with Gasteiger partial charge in [-0.2, -0.15) is 5.26 Å². The Bertz CT molecular complexity index is 497. The fraction of sp³-hybridized carbons (Fsp3) is 0.588. The van der Waals surface area contributed by atoms with Crippen molar-refractivity contribution in [1.29, 1.82) is 5.26 Å². The maximum atomic E-state index is 9.16. The third kappa shape index (κ3) is 3.82. The molecular weight excluding hydrogens is 262 g/mol. The van der Waals surface area contributed by atoms with Crippen LogP contribution in [0.4, 0.5) is 0 Å². The van der Waals surface area contributed by atoms with Crippen molar-refractivity contribution in [3.8, 4) is 6.07 Å². The van der Waals surface area contributed by atoms with E-state index in [4.69, 9.17) is 10.00 Å². The van der Waals surface area contributed by atoms with Gasteiger partial charge in [-0.3, -0.25) is 9.80 Å². The number of hydrogen-bond acceptors (Lipinski definition) is 4. The average molecular weight is 285 g/mol. The minimum absolute atomic E-state index is 0.455. The molecule has 0 unspecified atom stereocenters. The first-order chi connectivity index (χ1) is 10.3. The molecule has 1 atom stereocenters. The monoisotopic (exact) mass is 285 g/mol. The number of nitrogens with zero attached hydrogens (tertiary/aromatic N) is 3. The second-order valence-electron chi connectivity index (χ2n) is 5.98. The summed E-state index contributed by atoms with van der Waals surface area (Å²) < 4.78 is 5.72. The molecule has 2 aliphatic rings. The Labute approximate surface area is 126 Å². The Balaban J connectivity index is 1.48. The number of ether oxygens (including phenoxy) is 1. The fourth-order valence-corrected chi connectivity index (χ4v) is 3.21. The lowest BCUT2D eigenvalue weighted by atomic mass is 10.1. The van der Waals surface area contributed by atoms with E-state index in [9.17, 15) is 0 Å². The summed E-state index contributed by atoms with van der Waals surface area (Å²) in [6.07, 6.45) is 2.89. The first-order valence-electron chi connectivity index (χ1n) is 7.89. The van der Waals surface area contributed by atoms with E-state index in [0.717, 1.165) is 57.0 Å². The number of rotatable bonds is 4. The van der Waals surface area contributed by atoms with Gasteiger partial charge in [-0.05, 0) is 24.5 Å². The summed E-state index contributed by atoms with van der Waals surface area (Å²) in [5.41, 5.74) is 1.95. The molecule has 112 valence electrons. The van der Waals surface area contributed by atoms with Crippen molar-refractivity contribution in [2.75, 3.05) is 39.3 Å². The van der Waals surface area contributed by atoms with Crippen molar-refractivity contribution in [1.82, 2.24) is 9.80 Å². The zero-order chi connectivity index (χ0) is 14.5. The second kappa shape index (κ2) is 7.04. The normalized spacial score (nSPS) is 24.0. The van der Waals surface area contributed by atoms with E-state index in [-0.39, 0.29) is 0 Å². The summed E-state index contributed by atoms with van der Waals surface area (Å²) >= 11 is 0. The fourth-order valence-electron chi connectivity index (χ4n) is 3.21. The molecule has 4 heteroatoms. The number of hydrogen-bond donors (Lipinski definition) is 0. The van der Waals surface area contributed by atoms with Crippen molar-refractivity contribution in [2.24, 2.45) is 0 Å². The van der Waals surface area contributed by atoms with Crippen molar-refractivity contribution in [3.05, 3.63) is 35.4 Å². The van der Waals surface area contributed by atoms with Gasteiger partial charge < -0.3 is 4.74 Å². The molecule has 2 aliphatic heterocycles. The van der Waals surface area contributed by atoms with Crippen LogP contribution in [0.3, 0.4) is 0 Å². The summed E-state index contributed by atoms with van der Waals surface area (Å²) in [4.78, 5) is 4.96. The van der Waals surface area contributed by atoms with Gasteiger partial charge in [0.05, 0.1) is 17.7 Å². The van der Waals surface area contributed by atoms with Gasteiger partial charge in [-0.1, -0.05) is 18.2 Å². The van der Waals surface area contributed by atoms with Crippen molar-refractivity contribution >= 4 is 0 Å². The molecule has 0 saturated carbocycles. The Morgan fingerprint density at radius 3 is 2.62 bits per heavy atom. The molecule has 21 heavy (non-hydrogen) atoms. The van der Waals surface area contributed by atoms with Crippen LogP contribution in [0.15, 0.2) is 24.3 Å². The lowest BCUT2D eigenvalue weighted by Gasteiger charge is -2.35. The Hall–Kier alpha value is -1.41. The molecule has 0 aliphatic carbocycles. The van der Waals surface area contributed by atoms with Crippen LogP contribution in [0.2, 0.25) is 0 Å². The SMILES string of the molecule is N#Cc1ccccc1CN1CCN(C[C@H]2CCCO2)CC1. The lowest BCUT2D eigenvalue weighted by molar-refractivity contribution is 0.0489. The van der Waals surface area contributed by atoms with Gasteiger partial charge in [-0.25, -0.2) is 0 Å². The molecule has 1 aromatic rings. The van der Waals surface area contributed by atoms with Crippen LogP contribution in [0, 0.1) is 11.3 Å². The zero-order valence-corrected chi connectivity index (χ0v) is 12.5. The summed E-state index contributed by atoms with van der Waals surface area (Å²) in [5, 5.41) is 9.16. The van der Waals surface area contributed by atoms with Gasteiger partial charge in [0.2, 0.25) is 0 Å². The molecule has 0 amide bonds. The molecule has 0 spiro atoms. The molecule has 0 N–H and O–H groups in total. The van der Waals surface area contributed by atoms with Gasteiger partial charge in [0.25, 0.3) is 0 Å². The van der Waals surface area contributed by atoms with E-state index < -0.39 is 0 Å². The molecule has 3 rings (SSSR count). The van der Waals surface area contributed by atoms with Crippen LogP contribution in [-0.4, -0.2) is 55.2 Å². The average Bonchev–Trinajstić information content (AvgIpc) is 3.03. The molecule has 2 heterocycles. The third-order valence-corrected chi connectivity index (χ3v) is 4.48. The molecule has 0 aromatic heterocycles. The highest BCUT2D eigenvalue weighted by atomic mass is 16.5. The molecule has 1 aromatic carbocycles. The largest absolute Gasteiger partial charge is 0.377 e. The van der Waals surface area contributed by atoms with E-state index in [2.05, 4.69) is 21.9 Å². The van der Waals surface area contributed by atoms with Gasteiger partial charge in [0, 0.05) is 45.9 Å². The van der Waals surface area contributed by atoms with Crippen LogP contribution in [0.25, 0.3) is 0 Å². The number of piperazine rings is 1. The zero-order valence-electron chi connectivity index (χ0n) is 12.5. The standard InChI is InChI=1S/C17H23N3O/c18-12-15-4-1-2-5-16(15)13-19-7-9-20(10-8-19)14-17-6-3-11-21-17/h1-2,4-5,17H,3,6-11,13-14H2/t17-/m1/s1. The van der Waals surface area contributed by atoms with Crippen LogP contribution < -0.4 is 0 Å². The minimum Gasteiger partial charge on any atom is -0.377 e. The van der Waals surface area contributed by atoms with Gasteiger partial charge in [-0.15, -0.1) is 0 Å². The lowest BCUT2D eigenvalue weighted by Crippen LogP contribution is -2.48. The Morgan fingerprint density at radius 1 is 1.14 bits per heavy atom. The van der Waals surface area contributed by atoms with Crippen molar-refractivity contribution in [2.45, 2.75) is 25.5 Å². The molecule has 4 nitrogen and oxygen atoms in total. The highest BCUT2D eigenvalue weighted by Crippen LogP contribution is 2.16. The Morgan fingerprint density at radius 2 is 1.90 bits per heavy atom. The van der Waals surface area contributed by atoms with Crippen LogP contribution >= 0.6 is 0 Å². The first kappa shape index (κ1) is 14.5. The highest BCUT2D eigenvalue weighted by molar-refractivity contribution is 5.37. The minimum atomic E-state index is 0.455. The summed E-state index contributed by atoms with van der Waals surface area (Å²) in [7, 11) is 0. The van der Waals surface area contributed by atoms with Crippen molar-refractivity contribution in [3.63, 3.8) is 0 Å². The molecule has 0 bridgehead atoms. The third-order valence-electron chi connectivity index (χ3n) is 4.48. The van der Waals surface area contributed by atoms with E-state index in [0.29, 0.717) is 6.10 Å². The van der Waals surface area contributed by atoms with Gasteiger partial charge in [0.15, 0.2) is 0 Å². The van der Waals surface area contributed by atoms with Crippen molar-refractivity contribution < 1.29 is 4.74 Å². The second-order valence-corrected chi connectivity index (χ2v) is 5.98. The van der Waals surface area contributed by atoms with Gasteiger partial charge in [0.1, 0.15) is 0 Å². The van der Waals surface area contributed by atoms with E-state index in [1.54, 1.807) is 0 Å². The summed E-state index contributed by atoms with van der Waals surface area (Å²) in [6, 6.07) is 10.2. The molecule has 2 saturated heterocycles. The van der Waals surface area contributed by atoms with E-state index in [1.807, 2.05) is 18.2 Å². The maximum absolute atomic E-state index is 9.16. The predicted molar refractivity (Wildman–Crippen MR) is 81.8 cm³/mol. The number of benzene rings is 1. The van der Waals surface area contributed by atoms with Gasteiger partial charge >= 0.3 is 0 Å². The van der Waals surface area contributed by atoms with Crippen LogP contribution in [0.5, 0.6) is 0 Å². The molecule has 0 radical (unpaired) electrons. The molecule has 2 fully saturated rings. The quantitative estimate of drug-likeness (QED) is 0.846. The Kier molecular flexibility index (Phi) is 4.87. The maximum Gasteiger partial charge on any atom is 0.0995 e. The van der Waals surface area contributed by atoms with E-state index >= 15 is 0 Å². The summed E-state index contributed by atoms with van der Waals surface area (Å²) in [6.45, 7) is 7.28. The van der Waals surface area contributed by atoms with E-state index in [1.165, 1.54) is 12.8 Å².